The number of aromatic nitrogens is 1. The van der Waals surface area contributed by atoms with Crippen LogP contribution < -0.4 is 0 Å². The number of aromatic amines is 1. The lowest BCUT2D eigenvalue weighted by Crippen LogP contribution is -1.84. The second-order valence-corrected chi connectivity index (χ2v) is 5.43. The molecule has 3 rings (SSSR count). The van der Waals surface area contributed by atoms with Crippen LogP contribution in [0.3, 0.4) is 0 Å². The minimum atomic E-state index is 1.19. The molecule has 0 radical (unpaired) electrons. The van der Waals surface area contributed by atoms with Crippen LogP contribution in [-0.4, -0.2) is 4.98 Å². The SMILES string of the molecule is CCCCCc1ccc2[nH]c(-c3ccccc3)cc2c1. The molecule has 0 bridgehead atoms. The fourth-order valence-electron chi connectivity index (χ4n) is 2.69. The Morgan fingerprint density at radius 2 is 1.75 bits per heavy atom. The van der Waals surface area contributed by atoms with Crippen LogP contribution in [0.4, 0.5) is 0 Å². The number of aryl methyl sites for hydroxylation is 1. The third kappa shape index (κ3) is 2.77. The highest BCUT2D eigenvalue weighted by molar-refractivity contribution is 5.86. The summed E-state index contributed by atoms with van der Waals surface area (Å²) in [5, 5.41) is 1.32. The first-order valence-corrected chi connectivity index (χ1v) is 7.54. The van der Waals surface area contributed by atoms with Crippen LogP contribution in [0.15, 0.2) is 54.6 Å². The summed E-state index contributed by atoms with van der Waals surface area (Å²) in [4.78, 5) is 3.51. The largest absolute Gasteiger partial charge is 0.355 e. The highest BCUT2D eigenvalue weighted by Gasteiger charge is 2.03. The lowest BCUT2D eigenvalue weighted by atomic mass is 10.1. The lowest BCUT2D eigenvalue weighted by molar-refractivity contribution is 0.718. The van der Waals surface area contributed by atoms with Crippen molar-refractivity contribution >= 4 is 10.9 Å². The van der Waals surface area contributed by atoms with Crippen molar-refractivity contribution in [3.8, 4) is 11.3 Å². The molecular weight excluding hydrogens is 242 g/mol. The van der Waals surface area contributed by atoms with Crippen LogP contribution in [0.5, 0.6) is 0 Å². The molecule has 20 heavy (non-hydrogen) atoms. The van der Waals surface area contributed by atoms with E-state index >= 15 is 0 Å². The summed E-state index contributed by atoms with van der Waals surface area (Å²) in [6.07, 6.45) is 5.08. The Balaban J connectivity index is 1.88. The summed E-state index contributed by atoms with van der Waals surface area (Å²) in [5.41, 5.74) is 5.12. The smallest absolute Gasteiger partial charge is 0.0464 e. The van der Waals surface area contributed by atoms with Gasteiger partial charge < -0.3 is 4.98 Å². The monoisotopic (exact) mass is 263 g/mol. The summed E-state index contributed by atoms with van der Waals surface area (Å²) in [5.74, 6) is 0. The third-order valence-electron chi connectivity index (χ3n) is 3.84. The van der Waals surface area contributed by atoms with E-state index in [-0.39, 0.29) is 0 Å². The highest BCUT2D eigenvalue weighted by atomic mass is 14.7. The normalized spacial score (nSPS) is 11.1. The van der Waals surface area contributed by atoms with Gasteiger partial charge in [0.15, 0.2) is 0 Å². The molecule has 0 unspecified atom stereocenters. The van der Waals surface area contributed by atoms with Crippen LogP contribution >= 0.6 is 0 Å². The topological polar surface area (TPSA) is 15.8 Å². The molecule has 1 nitrogen and oxygen atoms in total. The number of H-pyrrole nitrogens is 1. The number of rotatable bonds is 5. The Kier molecular flexibility index (Phi) is 3.87. The van der Waals surface area contributed by atoms with Crippen molar-refractivity contribution < 1.29 is 0 Å². The van der Waals surface area contributed by atoms with E-state index in [2.05, 4.69) is 66.5 Å². The Morgan fingerprint density at radius 1 is 0.900 bits per heavy atom. The van der Waals surface area contributed by atoms with Crippen molar-refractivity contribution in [2.75, 3.05) is 0 Å². The minimum Gasteiger partial charge on any atom is -0.355 e. The molecule has 102 valence electrons. The van der Waals surface area contributed by atoms with Gasteiger partial charge in [0.2, 0.25) is 0 Å². The standard InChI is InChI=1S/C19H21N/c1-2-3-5-8-15-11-12-18-17(13-15)14-19(20-18)16-9-6-4-7-10-16/h4,6-7,9-14,20H,2-3,5,8H2,1H3. The maximum absolute atomic E-state index is 3.51. The molecule has 0 saturated heterocycles. The van der Waals surface area contributed by atoms with Gasteiger partial charge in [-0.3, -0.25) is 0 Å². The molecule has 0 aliphatic heterocycles. The molecule has 0 spiro atoms. The quantitative estimate of drug-likeness (QED) is 0.579. The van der Waals surface area contributed by atoms with E-state index < -0.39 is 0 Å². The van der Waals surface area contributed by atoms with Gasteiger partial charge in [-0.2, -0.15) is 0 Å². The predicted molar refractivity (Wildman–Crippen MR) is 87.0 cm³/mol. The van der Waals surface area contributed by atoms with Crippen molar-refractivity contribution in [2.24, 2.45) is 0 Å². The van der Waals surface area contributed by atoms with Crippen LogP contribution in [0.2, 0.25) is 0 Å². The van der Waals surface area contributed by atoms with Gasteiger partial charge in [-0.1, -0.05) is 56.2 Å². The van der Waals surface area contributed by atoms with Gasteiger partial charge in [0.05, 0.1) is 0 Å². The molecule has 0 aliphatic carbocycles. The maximum atomic E-state index is 3.51. The maximum Gasteiger partial charge on any atom is 0.0464 e. The van der Waals surface area contributed by atoms with Gasteiger partial charge in [0.25, 0.3) is 0 Å². The zero-order valence-electron chi connectivity index (χ0n) is 12.0. The molecule has 0 atom stereocenters. The third-order valence-corrected chi connectivity index (χ3v) is 3.84. The molecule has 2 aromatic carbocycles. The zero-order chi connectivity index (χ0) is 13.8. The molecule has 1 heteroatoms. The second-order valence-electron chi connectivity index (χ2n) is 5.43. The molecule has 0 saturated carbocycles. The number of hydrogen-bond acceptors (Lipinski definition) is 0. The van der Waals surface area contributed by atoms with Gasteiger partial charge >= 0.3 is 0 Å². The molecule has 0 amide bonds. The van der Waals surface area contributed by atoms with Crippen LogP contribution in [-0.2, 0) is 6.42 Å². The summed E-state index contributed by atoms with van der Waals surface area (Å²) in [7, 11) is 0. The van der Waals surface area contributed by atoms with E-state index in [1.807, 2.05) is 0 Å². The molecule has 1 N–H and O–H groups in total. The zero-order valence-corrected chi connectivity index (χ0v) is 12.0. The van der Waals surface area contributed by atoms with Crippen LogP contribution in [0, 0.1) is 0 Å². The Hall–Kier alpha value is -2.02. The summed E-state index contributed by atoms with van der Waals surface area (Å²) >= 11 is 0. The van der Waals surface area contributed by atoms with Crippen LogP contribution in [0.25, 0.3) is 22.2 Å². The van der Waals surface area contributed by atoms with Gasteiger partial charge in [0, 0.05) is 16.6 Å². The minimum absolute atomic E-state index is 1.19. The summed E-state index contributed by atoms with van der Waals surface area (Å²) in [6.45, 7) is 2.25. The second kappa shape index (κ2) is 5.96. The number of benzene rings is 2. The van der Waals surface area contributed by atoms with Crippen molar-refractivity contribution in [1.29, 1.82) is 0 Å². The predicted octanol–water partition coefficient (Wildman–Crippen LogP) is 5.57. The number of nitrogens with one attached hydrogen (secondary N) is 1. The average molecular weight is 263 g/mol. The Morgan fingerprint density at radius 3 is 2.55 bits per heavy atom. The van der Waals surface area contributed by atoms with Gasteiger partial charge in [-0.25, -0.2) is 0 Å². The van der Waals surface area contributed by atoms with E-state index in [0.717, 1.165) is 0 Å². The summed E-state index contributed by atoms with van der Waals surface area (Å²) < 4.78 is 0. The molecule has 1 heterocycles. The number of fused-ring (bicyclic) bond motifs is 1. The first kappa shape index (κ1) is 13.0. The first-order chi connectivity index (χ1) is 9.86. The van der Waals surface area contributed by atoms with Gasteiger partial charge in [-0.05, 0) is 42.2 Å². The van der Waals surface area contributed by atoms with Crippen molar-refractivity contribution in [3.05, 3.63) is 60.2 Å². The van der Waals surface area contributed by atoms with E-state index in [4.69, 9.17) is 0 Å². The Bertz CT molecular complexity index is 679. The van der Waals surface area contributed by atoms with Crippen LogP contribution in [0.1, 0.15) is 31.7 Å². The van der Waals surface area contributed by atoms with E-state index in [9.17, 15) is 0 Å². The fraction of sp³-hybridized carbons (Fsp3) is 0.263. The molecule has 0 fully saturated rings. The van der Waals surface area contributed by atoms with Crippen molar-refractivity contribution in [3.63, 3.8) is 0 Å². The average Bonchev–Trinajstić information content (AvgIpc) is 2.92. The van der Waals surface area contributed by atoms with Crippen molar-refractivity contribution in [2.45, 2.75) is 32.6 Å². The lowest BCUT2D eigenvalue weighted by Gasteiger charge is -2.00. The van der Waals surface area contributed by atoms with E-state index in [1.54, 1.807) is 0 Å². The number of hydrogen-bond donors (Lipinski definition) is 1. The van der Waals surface area contributed by atoms with E-state index in [0.29, 0.717) is 0 Å². The molecule has 3 aromatic rings. The van der Waals surface area contributed by atoms with E-state index in [1.165, 1.54) is 53.4 Å². The number of unbranched alkanes of at least 4 members (excludes halogenated alkanes) is 2. The fourth-order valence-corrected chi connectivity index (χ4v) is 2.69. The van der Waals surface area contributed by atoms with Gasteiger partial charge in [-0.15, -0.1) is 0 Å². The summed E-state index contributed by atoms with van der Waals surface area (Å²) in [6, 6.07) is 19.6. The Labute approximate surface area is 120 Å². The van der Waals surface area contributed by atoms with Crippen molar-refractivity contribution in [1.82, 2.24) is 4.98 Å². The first-order valence-electron chi connectivity index (χ1n) is 7.54. The van der Waals surface area contributed by atoms with Gasteiger partial charge in [0.1, 0.15) is 0 Å². The molecular formula is C19H21N. The molecule has 1 aromatic heterocycles. The highest BCUT2D eigenvalue weighted by Crippen LogP contribution is 2.25. The molecule has 0 aliphatic rings.